The molecular weight excluding hydrogens is 298 g/mol. The van der Waals surface area contributed by atoms with Gasteiger partial charge in [-0.05, 0) is 30.4 Å². The number of fused-ring (bicyclic) bond motifs is 1. The fraction of sp³-hybridized carbons (Fsp3) is 0.529. The van der Waals surface area contributed by atoms with Crippen molar-refractivity contribution in [3.63, 3.8) is 0 Å². The number of benzene rings is 1. The second-order valence-electron chi connectivity index (χ2n) is 5.85. The minimum atomic E-state index is -0.988. The normalized spacial score (nSPS) is 23.6. The van der Waals surface area contributed by atoms with Crippen LogP contribution >= 0.6 is 12.6 Å². The largest absolute Gasteiger partial charge is 0.480 e. The number of rotatable bonds is 2. The molecule has 2 atom stereocenters. The lowest BCUT2D eigenvalue weighted by Crippen LogP contribution is -2.45. The zero-order valence-corrected chi connectivity index (χ0v) is 13.5. The van der Waals surface area contributed by atoms with Crippen LogP contribution < -0.4 is 5.32 Å². The van der Waals surface area contributed by atoms with E-state index in [1.807, 2.05) is 18.2 Å². The van der Waals surface area contributed by atoms with Crippen LogP contribution in [0.2, 0.25) is 0 Å². The summed E-state index contributed by atoms with van der Waals surface area (Å²) in [6.07, 6.45) is 5.17. The van der Waals surface area contributed by atoms with Gasteiger partial charge in [0.25, 0.3) is 0 Å². The van der Waals surface area contributed by atoms with Gasteiger partial charge >= 0.3 is 5.97 Å². The van der Waals surface area contributed by atoms with E-state index in [0.29, 0.717) is 12.2 Å². The summed E-state index contributed by atoms with van der Waals surface area (Å²) in [5.74, 6) is -0.937. The number of hydrogen-bond donors (Lipinski definition) is 3. The molecule has 2 N–H and O–H groups in total. The number of aliphatic carboxylic acids is 1. The van der Waals surface area contributed by atoms with Crippen LogP contribution in [0, 0.1) is 5.92 Å². The molecule has 0 saturated heterocycles. The van der Waals surface area contributed by atoms with Crippen LogP contribution in [-0.2, 0) is 22.4 Å². The van der Waals surface area contributed by atoms with E-state index in [2.05, 4.69) is 24.0 Å². The highest BCUT2D eigenvalue weighted by atomic mass is 32.1. The maximum atomic E-state index is 12.3. The third-order valence-corrected chi connectivity index (χ3v) is 4.69. The lowest BCUT2D eigenvalue weighted by Gasteiger charge is -2.21. The second kappa shape index (κ2) is 8.22. The molecule has 5 heteroatoms. The van der Waals surface area contributed by atoms with Gasteiger partial charge in [0.15, 0.2) is 0 Å². The first-order valence-electron chi connectivity index (χ1n) is 7.82. The van der Waals surface area contributed by atoms with E-state index in [1.54, 1.807) is 0 Å². The molecule has 0 aliphatic carbocycles. The molecule has 0 spiro atoms. The predicted molar refractivity (Wildman–Crippen MR) is 89.2 cm³/mol. The maximum absolute atomic E-state index is 12.3. The Morgan fingerprint density at radius 1 is 1.23 bits per heavy atom. The minimum Gasteiger partial charge on any atom is -0.480 e. The molecule has 1 aromatic carbocycles. The summed E-state index contributed by atoms with van der Waals surface area (Å²) in [7, 11) is 0. The average molecular weight is 321 g/mol. The molecule has 0 saturated carbocycles. The Labute approximate surface area is 136 Å². The van der Waals surface area contributed by atoms with Crippen molar-refractivity contribution < 1.29 is 14.7 Å². The van der Waals surface area contributed by atoms with Gasteiger partial charge in [-0.25, -0.2) is 4.79 Å². The highest BCUT2D eigenvalue weighted by molar-refractivity contribution is 7.80. The summed E-state index contributed by atoms with van der Waals surface area (Å²) in [4.78, 5) is 23.8. The molecule has 1 heterocycles. The van der Waals surface area contributed by atoms with Gasteiger partial charge in [0, 0.05) is 18.1 Å². The molecule has 22 heavy (non-hydrogen) atoms. The number of carbonyl (C=O) groups excluding carboxylic acids is 1. The number of thiol groups is 1. The number of carboxylic acids is 1. The van der Waals surface area contributed by atoms with E-state index in [0.717, 1.165) is 37.7 Å². The Morgan fingerprint density at radius 3 is 2.64 bits per heavy atom. The van der Waals surface area contributed by atoms with Crippen molar-refractivity contribution in [3.8, 4) is 0 Å². The van der Waals surface area contributed by atoms with Crippen molar-refractivity contribution in [2.75, 3.05) is 5.75 Å². The van der Waals surface area contributed by atoms with Crippen LogP contribution in [0.3, 0.4) is 0 Å². The molecule has 1 aromatic rings. The van der Waals surface area contributed by atoms with Crippen LogP contribution in [-0.4, -0.2) is 28.8 Å². The zero-order chi connectivity index (χ0) is 15.9. The van der Waals surface area contributed by atoms with Gasteiger partial charge in [-0.15, -0.1) is 0 Å². The van der Waals surface area contributed by atoms with Crippen LogP contribution in [0.4, 0.5) is 0 Å². The number of carbonyl (C=O) groups is 2. The van der Waals surface area contributed by atoms with E-state index in [-0.39, 0.29) is 11.8 Å². The zero-order valence-electron chi connectivity index (χ0n) is 12.6. The molecule has 1 aliphatic heterocycles. The highest BCUT2D eigenvalue weighted by Crippen LogP contribution is 2.19. The van der Waals surface area contributed by atoms with E-state index in [1.165, 1.54) is 5.56 Å². The van der Waals surface area contributed by atoms with Gasteiger partial charge in [-0.3, -0.25) is 4.79 Å². The third-order valence-electron chi connectivity index (χ3n) is 4.25. The van der Waals surface area contributed by atoms with Crippen molar-refractivity contribution >= 4 is 24.5 Å². The highest BCUT2D eigenvalue weighted by Gasteiger charge is 2.25. The Hall–Kier alpha value is -1.49. The fourth-order valence-electron chi connectivity index (χ4n) is 2.90. The number of carboxylic acid groups (broad SMARTS) is 1. The summed E-state index contributed by atoms with van der Waals surface area (Å²) in [5, 5.41) is 12.1. The maximum Gasteiger partial charge on any atom is 0.326 e. The third kappa shape index (κ3) is 4.50. The van der Waals surface area contributed by atoms with E-state index < -0.39 is 12.0 Å². The molecule has 0 radical (unpaired) electrons. The van der Waals surface area contributed by atoms with Gasteiger partial charge < -0.3 is 10.4 Å². The standard InChI is InChI=1S/C17H23NO3S/c19-16-14(11-22)9-3-1-2-6-12-7-4-5-8-13(12)10-15(18-16)17(20)21/h4-5,7-8,14-15,22H,1-3,6,9-11H2,(H,18,19)(H,20,21)/t14-,15+/m1/s1. The van der Waals surface area contributed by atoms with Gasteiger partial charge in [0.05, 0.1) is 0 Å². The fourth-order valence-corrected chi connectivity index (χ4v) is 3.25. The molecular formula is C17H23NO3S. The predicted octanol–water partition coefficient (Wildman–Crippen LogP) is 2.46. The van der Waals surface area contributed by atoms with Crippen LogP contribution in [0.15, 0.2) is 24.3 Å². The topological polar surface area (TPSA) is 66.4 Å². The smallest absolute Gasteiger partial charge is 0.326 e. The van der Waals surface area contributed by atoms with Crippen LogP contribution in [0.1, 0.15) is 36.8 Å². The summed E-state index contributed by atoms with van der Waals surface area (Å²) in [6, 6.07) is 7.03. The quantitative estimate of drug-likeness (QED) is 0.733. The lowest BCUT2D eigenvalue weighted by atomic mass is 9.93. The lowest BCUT2D eigenvalue weighted by molar-refractivity contribution is -0.142. The molecule has 0 bridgehead atoms. The Bertz CT molecular complexity index is 532. The van der Waals surface area contributed by atoms with Crippen LogP contribution in [0.25, 0.3) is 0 Å². The van der Waals surface area contributed by atoms with Crippen molar-refractivity contribution in [3.05, 3.63) is 35.4 Å². The van der Waals surface area contributed by atoms with E-state index >= 15 is 0 Å². The number of amides is 1. The molecule has 4 nitrogen and oxygen atoms in total. The molecule has 1 amide bonds. The van der Waals surface area contributed by atoms with Gasteiger partial charge in [-0.2, -0.15) is 12.6 Å². The number of hydrogen-bond acceptors (Lipinski definition) is 3. The summed E-state index contributed by atoms with van der Waals surface area (Å²) in [6.45, 7) is 0. The van der Waals surface area contributed by atoms with Gasteiger partial charge in [0.2, 0.25) is 5.91 Å². The Morgan fingerprint density at radius 2 is 1.95 bits per heavy atom. The first kappa shape index (κ1) is 16.9. The van der Waals surface area contributed by atoms with Crippen molar-refractivity contribution in [2.24, 2.45) is 5.92 Å². The Kier molecular flexibility index (Phi) is 6.31. The van der Waals surface area contributed by atoms with E-state index in [9.17, 15) is 14.7 Å². The minimum absolute atomic E-state index is 0.194. The summed E-state index contributed by atoms with van der Waals surface area (Å²) >= 11 is 4.23. The number of nitrogens with one attached hydrogen (secondary N) is 1. The van der Waals surface area contributed by atoms with Gasteiger partial charge in [0.1, 0.15) is 6.04 Å². The summed E-state index contributed by atoms with van der Waals surface area (Å²) in [5.41, 5.74) is 2.20. The second-order valence-corrected chi connectivity index (χ2v) is 6.22. The first-order valence-corrected chi connectivity index (χ1v) is 8.46. The summed E-state index contributed by atoms with van der Waals surface area (Å²) < 4.78 is 0. The molecule has 0 unspecified atom stereocenters. The van der Waals surface area contributed by atoms with Crippen molar-refractivity contribution in [2.45, 2.75) is 44.6 Å². The van der Waals surface area contributed by atoms with Crippen LogP contribution in [0.5, 0.6) is 0 Å². The molecule has 120 valence electrons. The Balaban J connectivity index is 2.24. The SMILES string of the molecule is O=C1N[C@H](C(=O)O)Cc2ccccc2CCCCC[C@@H]1CS. The first-order chi connectivity index (χ1) is 10.6. The molecule has 0 aromatic heterocycles. The molecule has 0 fully saturated rings. The average Bonchev–Trinajstić information content (AvgIpc) is 2.50. The molecule has 2 rings (SSSR count). The van der Waals surface area contributed by atoms with Gasteiger partial charge in [-0.1, -0.05) is 37.1 Å². The monoisotopic (exact) mass is 321 g/mol. The molecule has 1 aliphatic rings. The van der Waals surface area contributed by atoms with Crippen molar-refractivity contribution in [1.29, 1.82) is 0 Å². The van der Waals surface area contributed by atoms with E-state index in [4.69, 9.17) is 0 Å². The number of aryl methyl sites for hydroxylation is 1. The van der Waals surface area contributed by atoms with Crippen molar-refractivity contribution in [1.82, 2.24) is 5.32 Å².